The molecule has 1 heterocycles. The summed E-state index contributed by atoms with van der Waals surface area (Å²) in [6.45, 7) is 19.1. The maximum absolute atomic E-state index is 13.0. The number of rotatable bonds is 22. The summed E-state index contributed by atoms with van der Waals surface area (Å²) in [5.41, 5.74) is -1.10. The molecule has 9 nitrogen and oxygen atoms in total. The molecule has 1 aromatic heterocycles. The van der Waals surface area contributed by atoms with Crippen molar-refractivity contribution in [1.82, 2.24) is 29.2 Å². The van der Waals surface area contributed by atoms with Crippen LogP contribution in [0.25, 0.3) is 0 Å². The van der Waals surface area contributed by atoms with Crippen molar-refractivity contribution in [1.29, 1.82) is 0 Å². The molecule has 10 heteroatoms. The number of nitrogens with one attached hydrogen (secondary N) is 2. The van der Waals surface area contributed by atoms with Crippen molar-refractivity contribution in [2.24, 2.45) is 4.74 Å². The van der Waals surface area contributed by atoms with Crippen LogP contribution in [-0.4, -0.2) is 68.5 Å². The first-order chi connectivity index (χ1) is 17.9. The zero-order chi connectivity index (χ0) is 27.5. The fourth-order valence-corrected chi connectivity index (χ4v) is 8.75. The van der Waals surface area contributed by atoms with E-state index in [0.29, 0.717) is 0 Å². The average molecular weight is 542 g/mol. The zero-order valence-corrected chi connectivity index (χ0v) is 25.6. The highest BCUT2D eigenvalue weighted by atomic mass is 31.2. The normalized spacial score (nSPS) is 12.2. The Kier molecular flexibility index (Phi) is 18.0. The first-order valence-corrected chi connectivity index (χ1v) is 16.6. The Morgan fingerprint density at radius 1 is 0.622 bits per heavy atom. The third kappa shape index (κ3) is 10.8. The summed E-state index contributed by atoms with van der Waals surface area (Å²) in [6.07, 6.45) is 13.1. The lowest BCUT2D eigenvalue weighted by Crippen LogP contribution is -2.44. The molecule has 0 aliphatic carbocycles. The highest BCUT2D eigenvalue weighted by molar-refractivity contribution is 7.59. The third-order valence-corrected chi connectivity index (χ3v) is 10.6. The second kappa shape index (κ2) is 19.7. The lowest BCUT2D eigenvalue weighted by molar-refractivity contribution is 0.291. The predicted octanol–water partition coefficient (Wildman–Crippen LogP) is 6.74. The molecule has 0 fully saturated rings. The van der Waals surface area contributed by atoms with Gasteiger partial charge in [-0.1, -0.05) is 80.1 Å². The predicted molar refractivity (Wildman–Crippen MR) is 159 cm³/mol. The van der Waals surface area contributed by atoms with E-state index < -0.39 is 18.8 Å². The fourth-order valence-electron chi connectivity index (χ4n) is 4.45. The van der Waals surface area contributed by atoms with Crippen molar-refractivity contribution in [3.05, 3.63) is 20.8 Å². The van der Waals surface area contributed by atoms with Gasteiger partial charge in [-0.25, -0.2) is 23.9 Å². The summed E-state index contributed by atoms with van der Waals surface area (Å²) in [6, 6.07) is 0. The van der Waals surface area contributed by atoms with E-state index in [1.165, 1.54) is 0 Å². The topological polar surface area (TPSA) is 101 Å². The molecule has 0 amide bonds. The Balaban J connectivity index is 4.08. The standard InChI is InChI=1S/C27H56N7O2P/c1-7-13-19-32(20-14-8-2)37(33(21-15-9-3)22-16-10-4,34(23-17-11-5)24-18-12-6)31-25-26(35)28-27(36)30-29-25/h7-24H2,1-6H3,(H2,28,30,35,36). The van der Waals surface area contributed by atoms with Gasteiger partial charge in [-0.15, -0.1) is 5.10 Å². The van der Waals surface area contributed by atoms with Crippen molar-refractivity contribution in [2.45, 2.75) is 119 Å². The van der Waals surface area contributed by atoms with Crippen LogP contribution in [0, 0.1) is 0 Å². The Hall–Kier alpha value is -1.28. The molecule has 37 heavy (non-hydrogen) atoms. The van der Waals surface area contributed by atoms with E-state index in [4.69, 9.17) is 4.74 Å². The summed E-state index contributed by atoms with van der Waals surface area (Å²) in [5.74, 6) is 0.0990. The second-order valence-electron chi connectivity index (χ2n) is 9.95. The largest absolute Gasteiger partial charge is 0.342 e. The van der Waals surface area contributed by atoms with Crippen LogP contribution < -0.4 is 11.2 Å². The smallest absolute Gasteiger partial charge is 0.270 e. The monoisotopic (exact) mass is 541 g/mol. The molecule has 0 unspecified atom stereocenters. The van der Waals surface area contributed by atoms with Crippen LogP contribution >= 0.6 is 7.51 Å². The quantitative estimate of drug-likeness (QED) is 0.158. The van der Waals surface area contributed by atoms with Gasteiger partial charge in [0.2, 0.25) is 5.82 Å². The number of nitrogens with zero attached hydrogens (tertiary/aromatic N) is 5. The second-order valence-corrected chi connectivity index (χ2v) is 12.9. The van der Waals surface area contributed by atoms with Crippen LogP contribution in [0.2, 0.25) is 0 Å². The molecule has 216 valence electrons. The first kappa shape index (κ1) is 33.7. The van der Waals surface area contributed by atoms with Crippen LogP contribution in [0.3, 0.4) is 0 Å². The van der Waals surface area contributed by atoms with Gasteiger partial charge < -0.3 is 0 Å². The minimum Gasteiger partial charge on any atom is -0.270 e. The van der Waals surface area contributed by atoms with Gasteiger partial charge >= 0.3 is 5.69 Å². The lowest BCUT2D eigenvalue weighted by Gasteiger charge is -2.50. The molecule has 2 N–H and O–H groups in total. The van der Waals surface area contributed by atoms with Crippen molar-refractivity contribution in [2.75, 3.05) is 39.3 Å². The average Bonchev–Trinajstić information content (AvgIpc) is 2.89. The lowest BCUT2D eigenvalue weighted by atomic mass is 10.3. The first-order valence-electron chi connectivity index (χ1n) is 15.0. The van der Waals surface area contributed by atoms with Crippen molar-refractivity contribution in [3.8, 4) is 0 Å². The highest BCUT2D eigenvalue weighted by Crippen LogP contribution is 2.61. The number of aromatic amines is 2. The molecule has 0 aliphatic rings. The van der Waals surface area contributed by atoms with E-state index in [-0.39, 0.29) is 5.82 Å². The molecule has 0 aliphatic heterocycles. The van der Waals surface area contributed by atoms with Gasteiger partial charge in [-0.3, -0.25) is 9.78 Å². The Bertz CT molecular complexity index is 805. The molecule has 0 saturated carbocycles. The van der Waals surface area contributed by atoms with Gasteiger partial charge in [0.1, 0.15) is 0 Å². The molecule has 0 saturated heterocycles. The Morgan fingerprint density at radius 2 is 0.946 bits per heavy atom. The summed E-state index contributed by atoms with van der Waals surface area (Å²) in [4.78, 5) is 27.2. The van der Waals surface area contributed by atoms with Gasteiger partial charge in [0.25, 0.3) is 5.56 Å². The van der Waals surface area contributed by atoms with E-state index in [0.717, 1.165) is 116 Å². The van der Waals surface area contributed by atoms with Crippen LogP contribution in [0.4, 0.5) is 5.82 Å². The number of unbranched alkanes of at least 4 members (excludes halogenated alkanes) is 6. The van der Waals surface area contributed by atoms with E-state index >= 15 is 0 Å². The summed E-state index contributed by atoms with van der Waals surface area (Å²) < 4.78 is 13.3. The minimum atomic E-state index is -2.55. The number of hydrogen-bond acceptors (Lipinski definition) is 4. The van der Waals surface area contributed by atoms with Crippen LogP contribution in [0.15, 0.2) is 14.3 Å². The van der Waals surface area contributed by atoms with E-state index in [9.17, 15) is 9.59 Å². The molecular formula is C27H56N7O2P. The van der Waals surface area contributed by atoms with E-state index in [1.54, 1.807) is 0 Å². The third-order valence-electron chi connectivity index (χ3n) is 6.68. The Labute approximate surface area is 226 Å². The molecule has 0 aromatic carbocycles. The van der Waals surface area contributed by atoms with Gasteiger partial charge in [-0.05, 0) is 38.5 Å². The molecular weight excluding hydrogens is 485 g/mol. The van der Waals surface area contributed by atoms with Crippen molar-refractivity contribution in [3.63, 3.8) is 0 Å². The van der Waals surface area contributed by atoms with Crippen LogP contribution in [0.1, 0.15) is 119 Å². The molecule has 0 radical (unpaired) electrons. The van der Waals surface area contributed by atoms with Gasteiger partial charge in [0.15, 0.2) is 7.51 Å². The van der Waals surface area contributed by atoms with E-state index in [1.807, 2.05) is 0 Å². The molecule has 1 rings (SSSR count). The fraction of sp³-hybridized carbons (Fsp3) is 0.889. The van der Waals surface area contributed by atoms with Gasteiger partial charge in [0.05, 0.1) is 0 Å². The van der Waals surface area contributed by atoms with Gasteiger partial charge in [-0.2, -0.15) is 4.74 Å². The maximum Gasteiger partial charge on any atom is 0.342 e. The van der Waals surface area contributed by atoms with E-state index in [2.05, 4.69) is 70.7 Å². The summed E-state index contributed by atoms with van der Waals surface area (Å²) >= 11 is 0. The van der Waals surface area contributed by atoms with Crippen LogP contribution in [-0.2, 0) is 0 Å². The summed E-state index contributed by atoms with van der Waals surface area (Å²) in [7, 11) is -2.55. The minimum absolute atomic E-state index is 0.0990. The number of hydrogen-bond donors (Lipinski definition) is 2. The molecule has 0 atom stereocenters. The molecule has 0 spiro atoms. The molecule has 0 bridgehead atoms. The van der Waals surface area contributed by atoms with Crippen molar-refractivity contribution < 1.29 is 0 Å². The molecule has 1 aromatic rings. The van der Waals surface area contributed by atoms with Crippen molar-refractivity contribution >= 4 is 13.3 Å². The SMILES string of the molecule is CCCCN(CCCC)P(=Nc1n[nH]c(=O)[nH]c1=O)(N(CCCC)CCCC)N(CCCC)CCCC. The summed E-state index contributed by atoms with van der Waals surface area (Å²) in [5, 5.41) is 6.64. The Morgan fingerprint density at radius 3 is 1.22 bits per heavy atom. The number of H-pyrrole nitrogens is 2. The number of aromatic nitrogens is 3. The van der Waals surface area contributed by atoms with Gasteiger partial charge in [0, 0.05) is 39.3 Å². The van der Waals surface area contributed by atoms with Crippen LogP contribution in [0.5, 0.6) is 0 Å². The highest BCUT2D eigenvalue weighted by Gasteiger charge is 2.40. The maximum atomic E-state index is 13.0. The zero-order valence-electron chi connectivity index (χ0n) is 24.7.